The van der Waals surface area contributed by atoms with Crippen molar-refractivity contribution in [3.05, 3.63) is 11.9 Å². The molecule has 0 radical (unpaired) electrons. The van der Waals surface area contributed by atoms with Crippen LogP contribution in [0.2, 0.25) is 0 Å². The molecule has 1 atom stereocenters. The summed E-state index contributed by atoms with van der Waals surface area (Å²) < 4.78 is 0. The fourth-order valence-electron chi connectivity index (χ4n) is 1.18. The van der Waals surface area contributed by atoms with Crippen LogP contribution < -0.4 is 5.32 Å². The number of aromatic nitrogens is 3. The Morgan fingerprint density at radius 2 is 2.50 bits per heavy atom. The SMILES string of the molecule is CC#CCC(NCCC)c1cn[nH]n1. The largest absolute Gasteiger partial charge is 0.308 e. The molecule has 0 aromatic carbocycles. The van der Waals surface area contributed by atoms with Gasteiger partial charge in [-0.25, -0.2) is 0 Å². The van der Waals surface area contributed by atoms with E-state index in [1.165, 1.54) is 0 Å². The summed E-state index contributed by atoms with van der Waals surface area (Å²) in [5, 5.41) is 13.8. The molecule has 14 heavy (non-hydrogen) atoms. The summed E-state index contributed by atoms with van der Waals surface area (Å²) in [7, 11) is 0. The predicted octanol–water partition coefficient (Wildman–Crippen LogP) is 1.26. The molecule has 2 N–H and O–H groups in total. The van der Waals surface area contributed by atoms with E-state index in [1.807, 2.05) is 6.92 Å². The smallest absolute Gasteiger partial charge is 0.100 e. The van der Waals surface area contributed by atoms with E-state index < -0.39 is 0 Å². The zero-order valence-corrected chi connectivity index (χ0v) is 8.67. The lowest BCUT2D eigenvalue weighted by Crippen LogP contribution is -2.22. The molecule has 1 aromatic rings. The number of aromatic amines is 1. The molecule has 0 amide bonds. The van der Waals surface area contributed by atoms with Gasteiger partial charge < -0.3 is 5.32 Å². The van der Waals surface area contributed by atoms with Gasteiger partial charge in [0.25, 0.3) is 0 Å². The molecular formula is C10H16N4. The first-order valence-electron chi connectivity index (χ1n) is 4.87. The van der Waals surface area contributed by atoms with Gasteiger partial charge in [0.2, 0.25) is 0 Å². The Labute approximate surface area is 84.5 Å². The maximum atomic E-state index is 4.06. The van der Waals surface area contributed by atoms with Crippen molar-refractivity contribution in [3.63, 3.8) is 0 Å². The Bertz CT molecular complexity index is 294. The molecule has 0 saturated carbocycles. The Kier molecular flexibility index (Phi) is 4.73. The third kappa shape index (κ3) is 3.19. The molecule has 0 bridgehead atoms. The first kappa shape index (κ1) is 10.7. The standard InChI is InChI=1S/C10H16N4/c1-3-5-6-9(11-7-4-2)10-8-12-14-13-10/h8-9,11H,4,6-7H2,1-2H3,(H,12,13,14). The fraction of sp³-hybridized carbons (Fsp3) is 0.600. The van der Waals surface area contributed by atoms with E-state index in [9.17, 15) is 0 Å². The van der Waals surface area contributed by atoms with Crippen LogP contribution in [0.1, 0.15) is 38.4 Å². The van der Waals surface area contributed by atoms with E-state index >= 15 is 0 Å². The van der Waals surface area contributed by atoms with Crippen molar-refractivity contribution in [1.29, 1.82) is 0 Å². The summed E-state index contributed by atoms with van der Waals surface area (Å²) in [4.78, 5) is 0. The molecule has 0 aliphatic carbocycles. The number of nitrogens with zero attached hydrogens (tertiary/aromatic N) is 2. The summed E-state index contributed by atoms with van der Waals surface area (Å²) >= 11 is 0. The van der Waals surface area contributed by atoms with Crippen LogP contribution in [0.3, 0.4) is 0 Å². The Hall–Kier alpha value is -1.34. The summed E-state index contributed by atoms with van der Waals surface area (Å²) in [6.45, 7) is 4.96. The molecule has 0 spiro atoms. The number of hydrogen-bond donors (Lipinski definition) is 2. The molecule has 0 saturated heterocycles. The topological polar surface area (TPSA) is 53.6 Å². The molecule has 4 nitrogen and oxygen atoms in total. The van der Waals surface area contributed by atoms with Gasteiger partial charge in [0.05, 0.1) is 12.2 Å². The van der Waals surface area contributed by atoms with Crippen molar-refractivity contribution < 1.29 is 0 Å². The van der Waals surface area contributed by atoms with Crippen LogP contribution >= 0.6 is 0 Å². The van der Waals surface area contributed by atoms with Gasteiger partial charge in [-0.1, -0.05) is 6.92 Å². The summed E-state index contributed by atoms with van der Waals surface area (Å²) in [6.07, 6.45) is 3.63. The van der Waals surface area contributed by atoms with Crippen molar-refractivity contribution in [2.45, 2.75) is 32.7 Å². The predicted molar refractivity (Wildman–Crippen MR) is 55.5 cm³/mol. The maximum absolute atomic E-state index is 4.06. The summed E-state index contributed by atoms with van der Waals surface area (Å²) in [5.74, 6) is 5.94. The van der Waals surface area contributed by atoms with Crippen LogP contribution in [0.4, 0.5) is 0 Å². The normalized spacial score (nSPS) is 11.9. The second-order valence-electron chi connectivity index (χ2n) is 3.03. The van der Waals surface area contributed by atoms with Crippen LogP contribution in [-0.4, -0.2) is 22.0 Å². The minimum absolute atomic E-state index is 0.196. The molecule has 1 unspecified atom stereocenters. The van der Waals surface area contributed by atoms with Crippen molar-refractivity contribution in [3.8, 4) is 11.8 Å². The first-order chi connectivity index (χ1) is 6.88. The molecule has 0 aliphatic rings. The zero-order valence-electron chi connectivity index (χ0n) is 8.67. The second-order valence-corrected chi connectivity index (χ2v) is 3.03. The highest BCUT2D eigenvalue weighted by Crippen LogP contribution is 2.11. The molecule has 76 valence electrons. The third-order valence-corrected chi connectivity index (χ3v) is 1.91. The van der Waals surface area contributed by atoms with Gasteiger partial charge >= 0.3 is 0 Å². The Balaban J connectivity index is 2.55. The quantitative estimate of drug-likeness (QED) is 0.690. The van der Waals surface area contributed by atoms with Gasteiger partial charge in [0, 0.05) is 6.42 Å². The van der Waals surface area contributed by atoms with E-state index in [2.05, 4.69) is 39.5 Å². The third-order valence-electron chi connectivity index (χ3n) is 1.91. The molecule has 1 aromatic heterocycles. The summed E-state index contributed by atoms with van der Waals surface area (Å²) in [5.41, 5.74) is 0.932. The Morgan fingerprint density at radius 1 is 1.64 bits per heavy atom. The van der Waals surface area contributed by atoms with E-state index in [1.54, 1.807) is 6.20 Å². The molecule has 0 fully saturated rings. The number of nitrogens with one attached hydrogen (secondary N) is 2. The van der Waals surface area contributed by atoms with Gasteiger partial charge in [0.1, 0.15) is 5.69 Å². The molecule has 1 rings (SSSR count). The highest BCUT2D eigenvalue weighted by molar-refractivity contribution is 5.07. The molecule has 4 heteroatoms. The second kappa shape index (κ2) is 6.17. The average Bonchev–Trinajstić information content (AvgIpc) is 2.71. The molecule has 0 aliphatic heterocycles. The minimum Gasteiger partial charge on any atom is -0.308 e. The van der Waals surface area contributed by atoms with E-state index in [-0.39, 0.29) is 6.04 Å². The van der Waals surface area contributed by atoms with Crippen molar-refractivity contribution in [2.75, 3.05) is 6.54 Å². The van der Waals surface area contributed by atoms with Gasteiger partial charge in [-0.3, -0.25) is 0 Å². The molecule has 1 heterocycles. The molecular weight excluding hydrogens is 176 g/mol. The van der Waals surface area contributed by atoms with Crippen molar-refractivity contribution in [2.24, 2.45) is 0 Å². The van der Waals surface area contributed by atoms with Crippen LogP contribution in [0.25, 0.3) is 0 Å². The lowest BCUT2D eigenvalue weighted by molar-refractivity contribution is 0.529. The van der Waals surface area contributed by atoms with E-state index in [0.29, 0.717) is 0 Å². The zero-order chi connectivity index (χ0) is 10.2. The van der Waals surface area contributed by atoms with Gasteiger partial charge in [-0.15, -0.1) is 11.8 Å². The summed E-state index contributed by atoms with van der Waals surface area (Å²) in [6, 6.07) is 0.196. The van der Waals surface area contributed by atoms with Crippen LogP contribution in [0, 0.1) is 11.8 Å². The van der Waals surface area contributed by atoms with Crippen LogP contribution in [0.5, 0.6) is 0 Å². The highest BCUT2D eigenvalue weighted by atomic mass is 15.3. The minimum atomic E-state index is 0.196. The fourth-order valence-corrected chi connectivity index (χ4v) is 1.18. The first-order valence-corrected chi connectivity index (χ1v) is 4.87. The van der Waals surface area contributed by atoms with Gasteiger partial charge in [-0.05, 0) is 19.9 Å². The van der Waals surface area contributed by atoms with Gasteiger partial charge in [0.15, 0.2) is 0 Å². The van der Waals surface area contributed by atoms with Crippen molar-refractivity contribution >= 4 is 0 Å². The lowest BCUT2D eigenvalue weighted by Gasteiger charge is -2.12. The van der Waals surface area contributed by atoms with E-state index in [4.69, 9.17) is 0 Å². The number of rotatable bonds is 5. The average molecular weight is 192 g/mol. The Morgan fingerprint density at radius 3 is 3.07 bits per heavy atom. The lowest BCUT2D eigenvalue weighted by atomic mass is 10.1. The van der Waals surface area contributed by atoms with Crippen LogP contribution in [-0.2, 0) is 0 Å². The number of H-pyrrole nitrogens is 1. The maximum Gasteiger partial charge on any atom is 0.100 e. The highest BCUT2D eigenvalue weighted by Gasteiger charge is 2.11. The monoisotopic (exact) mass is 192 g/mol. The van der Waals surface area contributed by atoms with Crippen LogP contribution in [0.15, 0.2) is 6.20 Å². The van der Waals surface area contributed by atoms with E-state index in [0.717, 1.165) is 25.1 Å². The van der Waals surface area contributed by atoms with Gasteiger partial charge in [-0.2, -0.15) is 15.4 Å². The van der Waals surface area contributed by atoms with Crippen molar-refractivity contribution in [1.82, 2.24) is 20.7 Å². The number of hydrogen-bond acceptors (Lipinski definition) is 3.